The Hall–Kier alpha value is 0.140. The van der Waals surface area contributed by atoms with Crippen molar-refractivity contribution >= 4 is 27.3 Å². The summed E-state index contributed by atoms with van der Waals surface area (Å²) in [6.07, 6.45) is 0. The molecule has 1 aromatic heterocycles. The number of hydrogen-bond acceptors (Lipinski definition) is 2. The predicted octanol–water partition coefficient (Wildman–Crippen LogP) is 4.45. The van der Waals surface area contributed by atoms with E-state index in [2.05, 4.69) is 60.4 Å². The van der Waals surface area contributed by atoms with Crippen molar-refractivity contribution in [2.24, 2.45) is 11.8 Å². The van der Waals surface area contributed by atoms with E-state index in [1.54, 1.807) is 0 Å². The zero-order valence-electron chi connectivity index (χ0n) is 9.88. The van der Waals surface area contributed by atoms with Crippen LogP contribution >= 0.6 is 27.3 Å². The van der Waals surface area contributed by atoms with E-state index in [9.17, 15) is 0 Å². The van der Waals surface area contributed by atoms with E-state index >= 15 is 0 Å². The Kier molecular flexibility index (Phi) is 5.30. The average Bonchev–Trinajstić information content (AvgIpc) is 2.59. The molecule has 1 nitrogen and oxygen atoms in total. The van der Waals surface area contributed by atoms with Gasteiger partial charge in [0.05, 0.1) is 0 Å². The van der Waals surface area contributed by atoms with Gasteiger partial charge in [0, 0.05) is 15.4 Å². The Labute approximate surface area is 105 Å². The number of nitrogens with one attached hydrogen (secondary N) is 1. The SMILES string of the molecule is CCNC(c1sccc1Br)C(C)C(C)C. The third-order valence-electron chi connectivity index (χ3n) is 2.93. The van der Waals surface area contributed by atoms with Crippen LogP contribution in [0.2, 0.25) is 0 Å². The zero-order valence-corrected chi connectivity index (χ0v) is 12.3. The van der Waals surface area contributed by atoms with Crippen LogP contribution in [0.5, 0.6) is 0 Å². The molecule has 1 N–H and O–H groups in total. The third kappa shape index (κ3) is 3.30. The first-order chi connectivity index (χ1) is 7.07. The van der Waals surface area contributed by atoms with Crippen LogP contribution in [0.25, 0.3) is 0 Å². The summed E-state index contributed by atoms with van der Waals surface area (Å²) in [6, 6.07) is 2.61. The summed E-state index contributed by atoms with van der Waals surface area (Å²) >= 11 is 5.46. The number of thiophene rings is 1. The number of hydrogen-bond donors (Lipinski definition) is 1. The molecular weight excluding hydrogens is 270 g/mol. The Morgan fingerprint density at radius 1 is 1.40 bits per heavy atom. The first kappa shape index (κ1) is 13.2. The lowest BCUT2D eigenvalue weighted by Gasteiger charge is -2.27. The molecule has 3 heteroatoms. The van der Waals surface area contributed by atoms with Crippen molar-refractivity contribution in [3.63, 3.8) is 0 Å². The van der Waals surface area contributed by atoms with Crippen LogP contribution in [0, 0.1) is 11.8 Å². The largest absolute Gasteiger partial charge is 0.309 e. The number of rotatable bonds is 5. The van der Waals surface area contributed by atoms with Gasteiger partial charge in [0.2, 0.25) is 0 Å². The van der Waals surface area contributed by atoms with E-state index in [4.69, 9.17) is 0 Å². The Bertz CT molecular complexity index is 296. The molecule has 0 spiro atoms. The molecule has 0 saturated carbocycles. The second kappa shape index (κ2) is 6.02. The highest BCUT2D eigenvalue weighted by Gasteiger charge is 2.23. The average molecular weight is 290 g/mol. The van der Waals surface area contributed by atoms with E-state index < -0.39 is 0 Å². The van der Waals surface area contributed by atoms with Gasteiger partial charge in [-0.1, -0.05) is 27.7 Å². The van der Waals surface area contributed by atoms with Crippen LogP contribution in [-0.2, 0) is 0 Å². The van der Waals surface area contributed by atoms with Crippen molar-refractivity contribution in [2.45, 2.75) is 33.7 Å². The fourth-order valence-corrected chi connectivity index (χ4v) is 3.46. The quantitative estimate of drug-likeness (QED) is 0.844. The van der Waals surface area contributed by atoms with Gasteiger partial charge in [0.25, 0.3) is 0 Å². The van der Waals surface area contributed by atoms with Crippen molar-refractivity contribution in [3.8, 4) is 0 Å². The van der Waals surface area contributed by atoms with Crippen LogP contribution < -0.4 is 5.32 Å². The molecule has 0 radical (unpaired) electrons. The maximum atomic E-state index is 3.62. The fraction of sp³-hybridized carbons (Fsp3) is 0.667. The van der Waals surface area contributed by atoms with E-state index in [1.165, 1.54) is 9.35 Å². The van der Waals surface area contributed by atoms with Gasteiger partial charge in [0.1, 0.15) is 0 Å². The highest BCUT2D eigenvalue weighted by molar-refractivity contribution is 9.10. The van der Waals surface area contributed by atoms with E-state index in [1.807, 2.05) is 11.3 Å². The lowest BCUT2D eigenvalue weighted by atomic mass is 9.89. The molecule has 0 aliphatic rings. The second-order valence-electron chi connectivity index (χ2n) is 4.27. The van der Waals surface area contributed by atoms with Gasteiger partial charge < -0.3 is 5.32 Å². The molecule has 2 unspecified atom stereocenters. The molecule has 1 aromatic rings. The van der Waals surface area contributed by atoms with Gasteiger partial charge in [-0.15, -0.1) is 11.3 Å². The van der Waals surface area contributed by atoms with Crippen molar-refractivity contribution in [1.29, 1.82) is 0 Å². The lowest BCUT2D eigenvalue weighted by Crippen LogP contribution is -2.29. The first-order valence-electron chi connectivity index (χ1n) is 5.54. The summed E-state index contributed by atoms with van der Waals surface area (Å²) in [5, 5.41) is 5.74. The van der Waals surface area contributed by atoms with Gasteiger partial charge in [-0.3, -0.25) is 0 Å². The summed E-state index contributed by atoms with van der Waals surface area (Å²) in [4.78, 5) is 1.43. The summed E-state index contributed by atoms with van der Waals surface area (Å²) in [5.41, 5.74) is 0. The van der Waals surface area contributed by atoms with Gasteiger partial charge >= 0.3 is 0 Å². The van der Waals surface area contributed by atoms with Gasteiger partial charge in [-0.25, -0.2) is 0 Å². The van der Waals surface area contributed by atoms with Crippen molar-refractivity contribution in [2.75, 3.05) is 6.54 Å². The summed E-state index contributed by atoms with van der Waals surface area (Å²) in [5.74, 6) is 1.35. The van der Waals surface area contributed by atoms with Gasteiger partial charge in [-0.2, -0.15) is 0 Å². The molecule has 0 fully saturated rings. The summed E-state index contributed by atoms with van der Waals surface area (Å²) < 4.78 is 1.24. The molecule has 0 aromatic carbocycles. The van der Waals surface area contributed by atoms with Crippen LogP contribution in [0.3, 0.4) is 0 Å². The van der Waals surface area contributed by atoms with E-state index in [-0.39, 0.29) is 0 Å². The van der Waals surface area contributed by atoms with E-state index in [0.717, 1.165) is 6.54 Å². The molecule has 15 heavy (non-hydrogen) atoms. The monoisotopic (exact) mass is 289 g/mol. The highest BCUT2D eigenvalue weighted by Crippen LogP contribution is 2.35. The van der Waals surface area contributed by atoms with Gasteiger partial charge in [-0.05, 0) is 45.8 Å². The topological polar surface area (TPSA) is 12.0 Å². The van der Waals surface area contributed by atoms with Crippen LogP contribution in [0.4, 0.5) is 0 Å². The Morgan fingerprint density at radius 3 is 2.47 bits per heavy atom. The second-order valence-corrected chi connectivity index (χ2v) is 6.07. The maximum absolute atomic E-state index is 3.62. The first-order valence-corrected chi connectivity index (χ1v) is 7.21. The minimum atomic E-state index is 0.476. The third-order valence-corrected chi connectivity index (χ3v) is 4.88. The molecule has 1 rings (SSSR count). The molecule has 2 atom stereocenters. The number of halogens is 1. The predicted molar refractivity (Wildman–Crippen MR) is 72.4 cm³/mol. The van der Waals surface area contributed by atoms with Crippen molar-refractivity contribution < 1.29 is 0 Å². The van der Waals surface area contributed by atoms with E-state index in [0.29, 0.717) is 17.9 Å². The normalized spacial score (nSPS) is 15.6. The molecule has 86 valence electrons. The Morgan fingerprint density at radius 2 is 2.07 bits per heavy atom. The maximum Gasteiger partial charge on any atom is 0.0454 e. The van der Waals surface area contributed by atoms with Crippen LogP contribution in [-0.4, -0.2) is 6.54 Å². The molecule has 1 heterocycles. The summed E-state index contributed by atoms with van der Waals surface area (Å²) in [7, 11) is 0. The minimum absolute atomic E-state index is 0.476. The molecule has 0 saturated heterocycles. The minimum Gasteiger partial charge on any atom is -0.309 e. The molecule has 0 aliphatic carbocycles. The lowest BCUT2D eigenvalue weighted by molar-refractivity contribution is 0.310. The molecule has 0 aliphatic heterocycles. The summed E-state index contributed by atoms with van der Waals surface area (Å²) in [6.45, 7) is 10.1. The molecule has 0 bridgehead atoms. The van der Waals surface area contributed by atoms with Crippen molar-refractivity contribution in [3.05, 3.63) is 20.8 Å². The highest BCUT2D eigenvalue weighted by atomic mass is 79.9. The Balaban J connectivity index is 2.87. The van der Waals surface area contributed by atoms with Gasteiger partial charge in [0.15, 0.2) is 0 Å². The van der Waals surface area contributed by atoms with Crippen LogP contribution in [0.1, 0.15) is 38.6 Å². The van der Waals surface area contributed by atoms with Crippen molar-refractivity contribution in [1.82, 2.24) is 5.32 Å². The molecular formula is C12H20BrNS. The molecule has 0 amide bonds. The van der Waals surface area contributed by atoms with Crippen LogP contribution in [0.15, 0.2) is 15.9 Å². The smallest absolute Gasteiger partial charge is 0.0454 e. The fourth-order valence-electron chi connectivity index (χ4n) is 1.65. The standard InChI is InChI=1S/C12H20BrNS/c1-5-14-11(9(4)8(2)3)12-10(13)6-7-15-12/h6-9,11,14H,5H2,1-4H3. The zero-order chi connectivity index (χ0) is 11.4.